The SMILES string of the molecule is CCc1ncnc(N2CCC(CCC(=O)OC)CC2)c1F. The number of halogens is 1. The highest BCUT2D eigenvalue weighted by atomic mass is 19.1. The minimum atomic E-state index is -0.298. The van der Waals surface area contributed by atoms with E-state index >= 15 is 0 Å². The third kappa shape index (κ3) is 3.89. The Morgan fingerprint density at radius 2 is 2.14 bits per heavy atom. The zero-order chi connectivity index (χ0) is 15.2. The van der Waals surface area contributed by atoms with Crippen LogP contribution in [0.1, 0.15) is 38.3 Å². The summed E-state index contributed by atoms with van der Waals surface area (Å²) in [4.78, 5) is 21.2. The standard InChI is InChI=1S/C15H22FN3O2/c1-3-12-14(16)15(18-10-17-12)19-8-6-11(7-9-19)4-5-13(20)21-2/h10-11H,3-9H2,1-2H3. The van der Waals surface area contributed by atoms with Crippen molar-refractivity contribution in [1.29, 1.82) is 0 Å². The summed E-state index contributed by atoms with van der Waals surface area (Å²) < 4.78 is 18.9. The van der Waals surface area contributed by atoms with Crippen molar-refractivity contribution in [2.24, 2.45) is 5.92 Å². The molecule has 2 heterocycles. The van der Waals surface area contributed by atoms with Crippen LogP contribution in [0.15, 0.2) is 6.33 Å². The molecule has 0 amide bonds. The number of rotatable bonds is 5. The van der Waals surface area contributed by atoms with Gasteiger partial charge in [-0.15, -0.1) is 0 Å². The van der Waals surface area contributed by atoms with E-state index in [4.69, 9.17) is 0 Å². The number of esters is 1. The average molecular weight is 295 g/mol. The summed E-state index contributed by atoms with van der Waals surface area (Å²) in [6.07, 6.45) is 5.19. The zero-order valence-corrected chi connectivity index (χ0v) is 12.6. The van der Waals surface area contributed by atoms with Gasteiger partial charge in [-0.25, -0.2) is 14.4 Å². The third-order valence-electron chi connectivity index (χ3n) is 4.08. The minimum Gasteiger partial charge on any atom is -0.469 e. The van der Waals surface area contributed by atoms with Crippen LogP contribution >= 0.6 is 0 Å². The quantitative estimate of drug-likeness (QED) is 0.780. The number of ether oxygens (including phenoxy) is 1. The van der Waals surface area contributed by atoms with Gasteiger partial charge in [0.05, 0.1) is 12.8 Å². The number of carbonyl (C=O) groups is 1. The smallest absolute Gasteiger partial charge is 0.305 e. The maximum atomic E-state index is 14.2. The van der Waals surface area contributed by atoms with Crippen LogP contribution in [0.2, 0.25) is 0 Å². The van der Waals surface area contributed by atoms with E-state index in [0.29, 0.717) is 30.3 Å². The summed E-state index contributed by atoms with van der Waals surface area (Å²) in [6.45, 7) is 3.42. The number of hydrogen-bond donors (Lipinski definition) is 0. The first-order valence-electron chi connectivity index (χ1n) is 7.46. The van der Waals surface area contributed by atoms with Crippen molar-refractivity contribution in [1.82, 2.24) is 9.97 Å². The Hall–Kier alpha value is -1.72. The molecule has 1 aromatic rings. The van der Waals surface area contributed by atoms with Gasteiger partial charge in [0, 0.05) is 19.5 Å². The van der Waals surface area contributed by atoms with Crippen LogP contribution in [0.3, 0.4) is 0 Å². The molecule has 0 aliphatic carbocycles. The summed E-state index contributed by atoms with van der Waals surface area (Å²) in [5.41, 5.74) is 0.466. The predicted octanol–water partition coefficient (Wildman–Crippen LogP) is 2.35. The molecule has 1 aliphatic rings. The Morgan fingerprint density at radius 3 is 2.76 bits per heavy atom. The molecule has 0 radical (unpaired) electrons. The molecule has 1 saturated heterocycles. The number of carbonyl (C=O) groups excluding carboxylic acids is 1. The van der Waals surface area contributed by atoms with Crippen LogP contribution in [0.5, 0.6) is 0 Å². The lowest BCUT2D eigenvalue weighted by Gasteiger charge is -2.32. The van der Waals surface area contributed by atoms with E-state index < -0.39 is 0 Å². The Bertz CT molecular complexity index is 488. The van der Waals surface area contributed by atoms with Crippen LogP contribution in [-0.4, -0.2) is 36.1 Å². The molecule has 5 nitrogen and oxygen atoms in total. The first-order chi connectivity index (χ1) is 10.2. The van der Waals surface area contributed by atoms with Gasteiger partial charge in [0.25, 0.3) is 0 Å². The van der Waals surface area contributed by atoms with Crippen molar-refractivity contribution in [2.75, 3.05) is 25.1 Å². The topological polar surface area (TPSA) is 55.3 Å². The van der Waals surface area contributed by atoms with Crippen LogP contribution in [0.4, 0.5) is 10.2 Å². The second-order valence-electron chi connectivity index (χ2n) is 5.36. The molecule has 1 fully saturated rings. The highest BCUT2D eigenvalue weighted by Gasteiger charge is 2.23. The van der Waals surface area contributed by atoms with Gasteiger partial charge in [-0.2, -0.15) is 0 Å². The maximum absolute atomic E-state index is 14.2. The lowest BCUT2D eigenvalue weighted by Crippen LogP contribution is -2.35. The van der Waals surface area contributed by atoms with Crippen molar-refractivity contribution in [3.05, 3.63) is 17.8 Å². The number of methoxy groups -OCH3 is 1. The van der Waals surface area contributed by atoms with Crippen LogP contribution < -0.4 is 4.90 Å². The lowest BCUT2D eigenvalue weighted by molar-refractivity contribution is -0.141. The van der Waals surface area contributed by atoms with E-state index in [1.54, 1.807) is 0 Å². The summed E-state index contributed by atoms with van der Waals surface area (Å²) >= 11 is 0. The molecule has 0 N–H and O–H groups in total. The van der Waals surface area contributed by atoms with Gasteiger partial charge < -0.3 is 9.64 Å². The number of hydrogen-bond acceptors (Lipinski definition) is 5. The number of aryl methyl sites for hydroxylation is 1. The van der Waals surface area contributed by atoms with Crippen LogP contribution in [0.25, 0.3) is 0 Å². The predicted molar refractivity (Wildman–Crippen MR) is 77.6 cm³/mol. The first kappa shape index (κ1) is 15.7. The second kappa shape index (κ2) is 7.33. The van der Waals surface area contributed by atoms with E-state index in [9.17, 15) is 9.18 Å². The van der Waals surface area contributed by atoms with Gasteiger partial charge >= 0.3 is 5.97 Å². The molecule has 0 saturated carbocycles. The van der Waals surface area contributed by atoms with Crippen LogP contribution in [-0.2, 0) is 16.0 Å². The van der Waals surface area contributed by atoms with Crippen molar-refractivity contribution < 1.29 is 13.9 Å². The number of nitrogens with zero attached hydrogens (tertiary/aromatic N) is 3. The molecule has 0 bridgehead atoms. The largest absolute Gasteiger partial charge is 0.469 e. The Kier molecular flexibility index (Phi) is 5.47. The Balaban J connectivity index is 1.91. The molecule has 0 aromatic carbocycles. The fourth-order valence-corrected chi connectivity index (χ4v) is 2.72. The highest BCUT2D eigenvalue weighted by molar-refractivity contribution is 5.69. The molecule has 0 unspecified atom stereocenters. The molecule has 6 heteroatoms. The summed E-state index contributed by atoms with van der Waals surface area (Å²) in [6, 6.07) is 0. The van der Waals surface area contributed by atoms with E-state index in [1.165, 1.54) is 13.4 Å². The monoisotopic (exact) mass is 295 g/mol. The first-order valence-corrected chi connectivity index (χ1v) is 7.46. The van der Waals surface area contributed by atoms with Crippen LogP contribution in [0, 0.1) is 11.7 Å². The molecular weight excluding hydrogens is 273 g/mol. The fraction of sp³-hybridized carbons (Fsp3) is 0.667. The molecule has 2 rings (SSSR count). The van der Waals surface area contributed by atoms with Gasteiger partial charge in [0.15, 0.2) is 11.6 Å². The summed E-state index contributed by atoms with van der Waals surface area (Å²) in [5.74, 6) is 0.448. The number of anilines is 1. The minimum absolute atomic E-state index is 0.160. The van der Waals surface area contributed by atoms with Gasteiger partial charge in [-0.05, 0) is 31.6 Å². The molecule has 116 valence electrons. The maximum Gasteiger partial charge on any atom is 0.305 e. The Morgan fingerprint density at radius 1 is 1.43 bits per heavy atom. The van der Waals surface area contributed by atoms with Crippen molar-refractivity contribution in [3.63, 3.8) is 0 Å². The van der Waals surface area contributed by atoms with E-state index in [1.807, 2.05) is 11.8 Å². The van der Waals surface area contributed by atoms with Gasteiger partial charge in [-0.1, -0.05) is 6.92 Å². The summed E-state index contributed by atoms with van der Waals surface area (Å²) in [5, 5.41) is 0. The fourth-order valence-electron chi connectivity index (χ4n) is 2.72. The number of aromatic nitrogens is 2. The number of piperidine rings is 1. The molecule has 1 aromatic heterocycles. The lowest BCUT2D eigenvalue weighted by atomic mass is 9.92. The highest BCUT2D eigenvalue weighted by Crippen LogP contribution is 2.27. The van der Waals surface area contributed by atoms with Crippen molar-refractivity contribution in [3.8, 4) is 0 Å². The van der Waals surface area contributed by atoms with Gasteiger partial charge in [0.1, 0.15) is 6.33 Å². The third-order valence-corrected chi connectivity index (χ3v) is 4.08. The molecular formula is C15H22FN3O2. The second-order valence-corrected chi connectivity index (χ2v) is 5.36. The summed E-state index contributed by atoms with van der Waals surface area (Å²) in [7, 11) is 1.41. The van der Waals surface area contributed by atoms with Crippen molar-refractivity contribution in [2.45, 2.75) is 39.0 Å². The molecule has 1 aliphatic heterocycles. The van der Waals surface area contributed by atoms with Crippen molar-refractivity contribution >= 4 is 11.8 Å². The van der Waals surface area contributed by atoms with Gasteiger partial charge in [-0.3, -0.25) is 4.79 Å². The van der Waals surface area contributed by atoms with E-state index in [0.717, 1.165) is 32.4 Å². The normalized spacial score (nSPS) is 16.0. The zero-order valence-electron chi connectivity index (χ0n) is 12.6. The van der Waals surface area contributed by atoms with E-state index in [-0.39, 0.29) is 11.8 Å². The average Bonchev–Trinajstić information content (AvgIpc) is 2.53. The Labute approximate surface area is 124 Å². The van der Waals surface area contributed by atoms with E-state index in [2.05, 4.69) is 14.7 Å². The molecule has 0 atom stereocenters. The molecule has 21 heavy (non-hydrogen) atoms. The van der Waals surface area contributed by atoms with Gasteiger partial charge in [0.2, 0.25) is 0 Å². The molecule has 0 spiro atoms.